The minimum atomic E-state index is -0.171. The molecule has 0 saturated carbocycles. The minimum absolute atomic E-state index is 0.171. The summed E-state index contributed by atoms with van der Waals surface area (Å²) in [5, 5.41) is 3.39. The van der Waals surface area contributed by atoms with E-state index in [1.165, 1.54) is 5.56 Å². The Morgan fingerprint density at radius 3 is 2.50 bits per heavy atom. The van der Waals surface area contributed by atoms with Crippen LogP contribution in [0.3, 0.4) is 0 Å². The van der Waals surface area contributed by atoms with Crippen molar-refractivity contribution in [3.63, 3.8) is 0 Å². The zero-order valence-electron chi connectivity index (χ0n) is 16.9. The Morgan fingerprint density at radius 2 is 1.83 bits per heavy atom. The van der Waals surface area contributed by atoms with Crippen molar-refractivity contribution < 1.29 is 13.9 Å². The Morgan fingerprint density at radius 1 is 1.07 bits per heavy atom. The van der Waals surface area contributed by atoms with E-state index < -0.39 is 0 Å². The van der Waals surface area contributed by atoms with E-state index in [0.717, 1.165) is 5.56 Å². The number of benzene rings is 3. The number of aromatic nitrogens is 1. The molecule has 1 amide bonds. The highest BCUT2D eigenvalue weighted by Gasteiger charge is 2.13. The molecule has 5 nitrogen and oxygen atoms in total. The number of nitrogens with zero attached hydrogens (tertiary/aromatic N) is 1. The maximum absolute atomic E-state index is 12.6. The molecule has 0 spiro atoms. The van der Waals surface area contributed by atoms with Crippen molar-refractivity contribution in [2.45, 2.75) is 19.8 Å². The van der Waals surface area contributed by atoms with Crippen LogP contribution >= 0.6 is 11.6 Å². The third-order valence-corrected chi connectivity index (χ3v) is 5.18. The summed E-state index contributed by atoms with van der Waals surface area (Å²) in [7, 11) is 1.56. The molecule has 1 N–H and O–H groups in total. The fraction of sp³-hybridized carbons (Fsp3) is 0.167. The van der Waals surface area contributed by atoms with Crippen molar-refractivity contribution >= 4 is 34.3 Å². The highest BCUT2D eigenvalue weighted by atomic mass is 35.5. The van der Waals surface area contributed by atoms with Crippen LogP contribution in [-0.4, -0.2) is 18.0 Å². The number of halogens is 1. The molecule has 0 radical (unpaired) electrons. The number of oxazole rings is 1. The summed E-state index contributed by atoms with van der Waals surface area (Å²) in [5.74, 6) is 1.28. The van der Waals surface area contributed by atoms with Gasteiger partial charge in [-0.3, -0.25) is 4.79 Å². The second-order valence-electron chi connectivity index (χ2n) is 7.28. The van der Waals surface area contributed by atoms with Gasteiger partial charge in [0.15, 0.2) is 5.58 Å². The molecular formula is C24H21ClN2O3. The Bertz CT molecular complexity index is 1210. The van der Waals surface area contributed by atoms with Crippen LogP contribution in [0.15, 0.2) is 65.1 Å². The molecule has 1 heterocycles. The Balaban J connectivity index is 1.56. The largest absolute Gasteiger partial charge is 0.495 e. The van der Waals surface area contributed by atoms with Crippen molar-refractivity contribution in [1.29, 1.82) is 0 Å². The van der Waals surface area contributed by atoms with Gasteiger partial charge in [0.1, 0.15) is 11.3 Å². The van der Waals surface area contributed by atoms with Crippen LogP contribution < -0.4 is 10.1 Å². The topological polar surface area (TPSA) is 64.4 Å². The molecule has 4 rings (SSSR count). The Labute approximate surface area is 179 Å². The van der Waals surface area contributed by atoms with E-state index in [2.05, 4.69) is 24.1 Å². The highest BCUT2D eigenvalue weighted by molar-refractivity contribution is 6.32. The van der Waals surface area contributed by atoms with Crippen molar-refractivity contribution in [3.05, 3.63) is 76.8 Å². The Hall–Kier alpha value is -3.31. The summed E-state index contributed by atoms with van der Waals surface area (Å²) in [6, 6.07) is 18.3. The number of amides is 1. The number of methoxy groups -OCH3 is 1. The third-order valence-electron chi connectivity index (χ3n) is 4.88. The van der Waals surface area contributed by atoms with E-state index in [0.29, 0.717) is 44.9 Å². The maximum Gasteiger partial charge on any atom is 0.255 e. The van der Waals surface area contributed by atoms with E-state index >= 15 is 0 Å². The molecule has 0 aliphatic heterocycles. The molecule has 0 fully saturated rings. The van der Waals surface area contributed by atoms with E-state index in [1.54, 1.807) is 37.4 Å². The second-order valence-corrected chi connectivity index (χ2v) is 7.69. The van der Waals surface area contributed by atoms with Crippen LogP contribution in [0.2, 0.25) is 5.02 Å². The molecule has 1 aromatic heterocycles. The van der Waals surface area contributed by atoms with E-state index in [-0.39, 0.29) is 5.91 Å². The van der Waals surface area contributed by atoms with E-state index in [4.69, 9.17) is 20.8 Å². The summed E-state index contributed by atoms with van der Waals surface area (Å²) >= 11 is 6.20. The smallest absolute Gasteiger partial charge is 0.255 e. The predicted molar refractivity (Wildman–Crippen MR) is 119 cm³/mol. The molecule has 4 aromatic rings. The summed E-state index contributed by atoms with van der Waals surface area (Å²) < 4.78 is 11.0. The lowest BCUT2D eigenvalue weighted by molar-refractivity contribution is 0.102. The molecular weight excluding hydrogens is 400 g/mol. The lowest BCUT2D eigenvalue weighted by atomic mass is 10.0. The Kier molecular flexibility index (Phi) is 5.46. The first-order chi connectivity index (χ1) is 14.4. The lowest BCUT2D eigenvalue weighted by Crippen LogP contribution is -2.11. The zero-order chi connectivity index (χ0) is 21.3. The number of carbonyl (C=O) groups is 1. The summed E-state index contributed by atoms with van der Waals surface area (Å²) in [4.78, 5) is 17.1. The van der Waals surface area contributed by atoms with Crippen molar-refractivity contribution in [2.24, 2.45) is 0 Å². The fourth-order valence-corrected chi connectivity index (χ4v) is 3.41. The molecule has 152 valence electrons. The van der Waals surface area contributed by atoms with Crippen LogP contribution in [0.4, 0.5) is 5.69 Å². The standard InChI is InChI=1S/C24H21ClN2O3/c1-14(2)15-4-6-16(7-5-15)23(28)26-18-9-11-22-20(13-18)27-24(30-22)17-8-10-21(29-3)19(25)12-17/h4-14H,1-3H3,(H,26,28). The number of fused-ring (bicyclic) bond motifs is 1. The van der Waals surface area contributed by atoms with Gasteiger partial charge in [0, 0.05) is 16.8 Å². The van der Waals surface area contributed by atoms with Crippen LogP contribution in [0.5, 0.6) is 5.75 Å². The molecule has 0 unspecified atom stereocenters. The number of nitrogens with one attached hydrogen (secondary N) is 1. The van der Waals surface area contributed by atoms with Crippen LogP contribution in [-0.2, 0) is 0 Å². The van der Waals surface area contributed by atoms with Crippen LogP contribution in [0, 0.1) is 0 Å². The number of hydrogen-bond acceptors (Lipinski definition) is 4. The molecule has 0 saturated heterocycles. The number of anilines is 1. The molecule has 0 atom stereocenters. The molecule has 6 heteroatoms. The van der Waals surface area contributed by atoms with Gasteiger partial charge >= 0.3 is 0 Å². The lowest BCUT2D eigenvalue weighted by Gasteiger charge is -2.08. The van der Waals surface area contributed by atoms with Gasteiger partial charge in [-0.05, 0) is 60.0 Å². The van der Waals surface area contributed by atoms with Crippen LogP contribution in [0.25, 0.3) is 22.6 Å². The van der Waals surface area contributed by atoms with Crippen molar-refractivity contribution in [1.82, 2.24) is 4.98 Å². The summed E-state index contributed by atoms with van der Waals surface area (Å²) in [6.07, 6.45) is 0. The molecule has 3 aromatic carbocycles. The predicted octanol–water partition coefficient (Wildman–Crippen LogP) is 6.53. The maximum atomic E-state index is 12.6. The normalized spacial score (nSPS) is 11.1. The van der Waals surface area contributed by atoms with Crippen molar-refractivity contribution in [3.8, 4) is 17.2 Å². The first kappa shape index (κ1) is 20.0. The quantitative estimate of drug-likeness (QED) is 0.398. The zero-order valence-corrected chi connectivity index (χ0v) is 17.7. The SMILES string of the molecule is COc1ccc(-c2nc3cc(NC(=O)c4ccc(C(C)C)cc4)ccc3o2)cc1Cl. The second kappa shape index (κ2) is 8.20. The van der Waals surface area contributed by atoms with Gasteiger partial charge in [-0.2, -0.15) is 0 Å². The van der Waals surface area contributed by atoms with Gasteiger partial charge in [0.25, 0.3) is 5.91 Å². The van der Waals surface area contributed by atoms with Crippen molar-refractivity contribution in [2.75, 3.05) is 12.4 Å². The number of rotatable bonds is 5. The first-order valence-corrected chi connectivity index (χ1v) is 9.98. The van der Waals surface area contributed by atoms with Gasteiger partial charge in [-0.25, -0.2) is 4.98 Å². The minimum Gasteiger partial charge on any atom is -0.495 e. The number of ether oxygens (including phenoxy) is 1. The molecule has 0 aliphatic carbocycles. The summed E-state index contributed by atoms with van der Waals surface area (Å²) in [5.41, 5.74) is 4.46. The molecule has 0 aliphatic rings. The fourth-order valence-electron chi connectivity index (χ4n) is 3.15. The van der Waals surface area contributed by atoms with Gasteiger partial charge < -0.3 is 14.5 Å². The van der Waals surface area contributed by atoms with Gasteiger partial charge in [-0.15, -0.1) is 0 Å². The monoisotopic (exact) mass is 420 g/mol. The summed E-state index contributed by atoms with van der Waals surface area (Å²) in [6.45, 7) is 4.24. The molecule has 0 bridgehead atoms. The van der Waals surface area contributed by atoms with E-state index in [1.807, 2.05) is 30.3 Å². The van der Waals surface area contributed by atoms with Crippen LogP contribution in [0.1, 0.15) is 35.7 Å². The molecule has 30 heavy (non-hydrogen) atoms. The third kappa shape index (κ3) is 4.02. The first-order valence-electron chi connectivity index (χ1n) is 9.60. The number of carbonyl (C=O) groups excluding carboxylic acids is 1. The number of hydrogen-bond donors (Lipinski definition) is 1. The van der Waals surface area contributed by atoms with Gasteiger partial charge in [-0.1, -0.05) is 37.6 Å². The highest BCUT2D eigenvalue weighted by Crippen LogP contribution is 2.32. The average molecular weight is 421 g/mol. The average Bonchev–Trinajstić information content (AvgIpc) is 3.17. The van der Waals surface area contributed by atoms with Gasteiger partial charge in [0.2, 0.25) is 5.89 Å². The van der Waals surface area contributed by atoms with Gasteiger partial charge in [0.05, 0.1) is 12.1 Å². The van der Waals surface area contributed by atoms with E-state index in [9.17, 15) is 4.79 Å².